The van der Waals surface area contributed by atoms with Crippen LogP contribution in [0.4, 0.5) is 0 Å². The van der Waals surface area contributed by atoms with Crippen LogP contribution < -0.4 is 51.4 Å². The van der Waals surface area contributed by atoms with Crippen molar-refractivity contribution in [1.29, 1.82) is 0 Å². The molecule has 4 nitrogen and oxygen atoms in total. The Morgan fingerprint density at radius 2 is 1.58 bits per heavy atom. The maximum absolute atomic E-state index is 10.9. The summed E-state index contributed by atoms with van der Waals surface area (Å²) in [6.07, 6.45) is 7.10. The standard InChI is InChI=1S/C13H28O4S.K/c1-3-5-6-7-8-9-10-12(14)11-13(4-2)18(15,16)17;/h12-14H,3-11H2,1-2H3,(H,15,16,17);/q;+1/p-1. The van der Waals surface area contributed by atoms with Gasteiger partial charge in [0.1, 0.15) is 0 Å². The molecule has 0 aromatic heterocycles. The van der Waals surface area contributed by atoms with Gasteiger partial charge in [0, 0.05) is 0 Å². The van der Waals surface area contributed by atoms with Gasteiger partial charge in [0.25, 0.3) is 0 Å². The average molecular weight is 319 g/mol. The molecule has 0 rings (SSSR count). The van der Waals surface area contributed by atoms with Crippen LogP contribution >= 0.6 is 0 Å². The smallest absolute Gasteiger partial charge is 0.748 e. The van der Waals surface area contributed by atoms with Gasteiger partial charge in [-0.1, -0.05) is 52.4 Å². The third-order valence-corrected chi connectivity index (χ3v) is 4.63. The molecule has 0 saturated heterocycles. The topological polar surface area (TPSA) is 77.4 Å². The third-order valence-electron chi connectivity index (χ3n) is 3.29. The predicted octanol–water partition coefficient (Wildman–Crippen LogP) is -0.184. The number of aliphatic hydroxyl groups excluding tert-OH is 1. The number of hydrogen-bond acceptors (Lipinski definition) is 4. The van der Waals surface area contributed by atoms with E-state index in [2.05, 4.69) is 6.92 Å². The third kappa shape index (κ3) is 12.9. The first-order valence-electron chi connectivity index (χ1n) is 7.04. The monoisotopic (exact) mass is 318 g/mol. The fourth-order valence-corrected chi connectivity index (χ4v) is 2.94. The van der Waals surface area contributed by atoms with Crippen LogP contribution in [0.1, 0.15) is 71.6 Å². The molecule has 0 radical (unpaired) electrons. The van der Waals surface area contributed by atoms with Crippen LogP contribution in [0.15, 0.2) is 0 Å². The van der Waals surface area contributed by atoms with Gasteiger partial charge in [-0.3, -0.25) is 0 Å². The summed E-state index contributed by atoms with van der Waals surface area (Å²) in [5.41, 5.74) is 0. The van der Waals surface area contributed by atoms with Crippen molar-refractivity contribution in [3.8, 4) is 0 Å². The van der Waals surface area contributed by atoms with Gasteiger partial charge >= 0.3 is 51.4 Å². The molecule has 6 heteroatoms. The zero-order valence-corrected chi connectivity index (χ0v) is 16.5. The first-order chi connectivity index (χ1) is 8.41. The molecule has 0 aromatic rings. The van der Waals surface area contributed by atoms with E-state index in [9.17, 15) is 18.1 Å². The summed E-state index contributed by atoms with van der Waals surface area (Å²) in [6, 6.07) is 0. The Labute approximate surface area is 160 Å². The second-order valence-corrected chi connectivity index (χ2v) is 6.62. The van der Waals surface area contributed by atoms with Gasteiger partial charge < -0.3 is 9.66 Å². The maximum Gasteiger partial charge on any atom is 1.00 e. The predicted molar refractivity (Wildman–Crippen MR) is 72.4 cm³/mol. The van der Waals surface area contributed by atoms with E-state index in [0.29, 0.717) is 6.42 Å². The van der Waals surface area contributed by atoms with Gasteiger partial charge in [-0.2, -0.15) is 0 Å². The van der Waals surface area contributed by atoms with Gasteiger partial charge in [0.2, 0.25) is 0 Å². The van der Waals surface area contributed by atoms with Crippen LogP contribution in [0.5, 0.6) is 0 Å². The zero-order valence-electron chi connectivity index (χ0n) is 12.6. The summed E-state index contributed by atoms with van der Waals surface area (Å²) in [5.74, 6) is 0. The molecule has 2 unspecified atom stereocenters. The number of rotatable bonds is 11. The van der Waals surface area contributed by atoms with E-state index in [4.69, 9.17) is 0 Å². The molecule has 1 N–H and O–H groups in total. The minimum absolute atomic E-state index is 0. The van der Waals surface area contributed by atoms with Crippen LogP contribution in [-0.4, -0.2) is 29.4 Å². The van der Waals surface area contributed by atoms with Gasteiger partial charge in [0.05, 0.1) is 21.5 Å². The molecule has 110 valence electrons. The molecule has 0 aromatic carbocycles. The molecule has 0 amide bonds. The SMILES string of the molecule is CCCCCCCCC(O)CC(CC)S(=O)(=O)[O-].[K+]. The van der Waals surface area contributed by atoms with Crippen molar-refractivity contribution in [2.45, 2.75) is 83.0 Å². The number of aliphatic hydroxyl groups is 1. The minimum Gasteiger partial charge on any atom is -0.748 e. The van der Waals surface area contributed by atoms with Crippen molar-refractivity contribution in [1.82, 2.24) is 0 Å². The van der Waals surface area contributed by atoms with E-state index in [1.165, 1.54) is 19.3 Å². The van der Waals surface area contributed by atoms with Crippen molar-refractivity contribution in [3.63, 3.8) is 0 Å². The van der Waals surface area contributed by atoms with Gasteiger partial charge in [0.15, 0.2) is 0 Å². The summed E-state index contributed by atoms with van der Waals surface area (Å²) in [6.45, 7) is 3.83. The molecule has 0 bridgehead atoms. The molecule has 19 heavy (non-hydrogen) atoms. The Kier molecular flexibility index (Phi) is 15.8. The number of hydrogen-bond donors (Lipinski definition) is 1. The van der Waals surface area contributed by atoms with E-state index in [1.54, 1.807) is 6.92 Å². The van der Waals surface area contributed by atoms with E-state index in [-0.39, 0.29) is 64.2 Å². The summed E-state index contributed by atoms with van der Waals surface area (Å²) in [7, 11) is -4.26. The Hall–Kier alpha value is 1.51. The Morgan fingerprint density at radius 3 is 2.05 bits per heavy atom. The van der Waals surface area contributed by atoms with Crippen molar-refractivity contribution in [3.05, 3.63) is 0 Å². The molecular formula is C13H27KO4S. The quantitative estimate of drug-likeness (QED) is 0.326. The molecule has 0 aliphatic rings. The number of unbranched alkanes of at least 4 members (excludes halogenated alkanes) is 5. The first-order valence-corrected chi connectivity index (χ1v) is 8.51. The van der Waals surface area contributed by atoms with Crippen LogP contribution in [0, 0.1) is 0 Å². The molecule has 0 spiro atoms. The molecule has 0 saturated carbocycles. The van der Waals surface area contributed by atoms with E-state index >= 15 is 0 Å². The Bertz CT molecular complexity index is 293. The van der Waals surface area contributed by atoms with Gasteiger partial charge in [-0.05, 0) is 19.3 Å². The van der Waals surface area contributed by atoms with Crippen LogP contribution in [0.25, 0.3) is 0 Å². The summed E-state index contributed by atoms with van der Waals surface area (Å²) in [4.78, 5) is 0. The largest absolute Gasteiger partial charge is 1.00 e. The maximum atomic E-state index is 10.9. The van der Waals surface area contributed by atoms with Gasteiger partial charge in [-0.25, -0.2) is 8.42 Å². The van der Waals surface area contributed by atoms with Crippen LogP contribution in [-0.2, 0) is 10.1 Å². The van der Waals surface area contributed by atoms with Gasteiger partial charge in [-0.15, -0.1) is 0 Å². The van der Waals surface area contributed by atoms with Crippen molar-refractivity contribution >= 4 is 10.1 Å². The average Bonchev–Trinajstić information content (AvgIpc) is 2.29. The van der Waals surface area contributed by atoms with E-state index < -0.39 is 21.5 Å². The Balaban J connectivity index is 0. The summed E-state index contributed by atoms with van der Waals surface area (Å²) < 4.78 is 32.6. The Morgan fingerprint density at radius 1 is 1.05 bits per heavy atom. The summed E-state index contributed by atoms with van der Waals surface area (Å²) in [5, 5.41) is 8.78. The van der Waals surface area contributed by atoms with Crippen molar-refractivity contribution in [2.75, 3.05) is 0 Å². The normalized spacial score (nSPS) is 14.7. The molecular weight excluding hydrogens is 291 g/mol. The molecule has 0 aliphatic heterocycles. The fourth-order valence-electron chi connectivity index (χ4n) is 2.07. The fraction of sp³-hybridized carbons (Fsp3) is 1.00. The van der Waals surface area contributed by atoms with E-state index in [1.807, 2.05) is 0 Å². The molecule has 0 heterocycles. The molecule has 0 aliphatic carbocycles. The molecule has 2 atom stereocenters. The molecule has 0 fully saturated rings. The van der Waals surface area contributed by atoms with Crippen LogP contribution in [0.3, 0.4) is 0 Å². The van der Waals surface area contributed by atoms with E-state index in [0.717, 1.165) is 19.3 Å². The minimum atomic E-state index is -4.26. The van der Waals surface area contributed by atoms with Crippen molar-refractivity contribution in [2.24, 2.45) is 0 Å². The second-order valence-electron chi connectivity index (χ2n) is 4.97. The first kappa shape index (κ1) is 22.8. The van der Waals surface area contributed by atoms with Crippen LogP contribution in [0.2, 0.25) is 0 Å². The zero-order chi connectivity index (χ0) is 14.0. The van der Waals surface area contributed by atoms with Crippen molar-refractivity contribution < 1.29 is 69.5 Å². The second kappa shape index (κ2) is 13.2. The summed E-state index contributed by atoms with van der Waals surface area (Å²) >= 11 is 0.